The second-order valence-corrected chi connectivity index (χ2v) is 3.78. The Morgan fingerprint density at radius 3 is 1.69 bits per heavy atom. The number of aryl methyl sites for hydroxylation is 2. The lowest BCUT2D eigenvalue weighted by molar-refractivity contribution is 0.811. The predicted octanol–water partition coefficient (Wildman–Crippen LogP) is 0.578. The standard InChI is InChI=1S/C12H16N4/c1-13-11-10-9(5-7-15(11)3)6-8-16(4)12(10)14-2/h5-8H,1-4H3. The maximum absolute atomic E-state index is 4.34. The quantitative estimate of drug-likeness (QED) is 0.617. The lowest BCUT2D eigenvalue weighted by atomic mass is 10.2. The summed E-state index contributed by atoms with van der Waals surface area (Å²) in [4.78, 5) is 8.68. The van der Waals surface area contributed by atoms with Crippen molar-refractivity contribution < 1.29 is 0 Å². The molecule has 2 aromatic rings. The van der Waals surface area contributed by atoms with E-state index in [-0.39, 0.29) is 0 Å². The van der Waals surface area contributed by atoms with E-state index in [1.807, 2.05) is 35.6 Å². The first kappa shape index (κ1) is 10.7. The molecule has 2 aromatic heterocycles. The molecule has 2 rings (SSSR count). The summed E-state index contributed by atoms with van der Waals surface area (Å²) in [7, 11) is 7.60. The first-order valence-corrected chi connectivity index (χ1v) is 5.19. The van der Waals surface area contributed by atoms with Crippen LogP contribution in [-0.4, -0.2) is 23.2 Å². The van der Waals surface area contributed by atoms with E-state index in [1.54, 1.807) is 14.1 Å². The highest BCUT2D eigenvalue weighted by Gasteiger charge is 2.02. The molecule has 4 heteroatoms. The molecule has 2 heterocycles. The molecule has 0 unspecified atom stereocenters. The fourth-order valence-electron chi connectivity index (χ4n) is 2.00. The number of rotatable bonds is 0. The SMILES string of the molecule is CN=c1c2c(=NC)n(C)ccc2ccn1C. The lowest BCUT2D eigenvalue weighted by Crippen LogP contribution is -2.28. The molecule has 0 spiro atoms. The molecule has 0 saturated carbocycles. The highest BCUT2D eigenvalue weighted by molar-refractivity contribution is 5.79. The van der Waals surface area contributed by atoms with Gasteiger partial charge in [-0.15, -0.1) is 0 Å². The smallest absolute Gasteiger partial charge is 0.138 e. The lowest BCUT2D eigenvalue weighted by Gasteiger charge is -2.07. The van der Waals surface area contributed by atoms with E-state index < -0.39 is 0 Å². The second kappa shape index (κ2) is 3.96. The number of aromatic nitrogens is 2. The fraction of sp³-hybridized carbons (Fsp3) is 0.333. The highest BCUT2D eigenvalue weighted by atomic mass is 15.0. The van der Waals surface area contributed by atoms with Crippen LogP contribution in [0, 0.1) is 0 Å². The number of hydrogen-bond donors (Lipinski definition) is 0. The Morgan fingerprint density at radius 1 is 0.875 bits per heavy atom. The van der Waals surface area contributed by atoms with Crippen LogP contribution in [0.25, 0.3) is 10.8 Å². The molecule has 0 fully saturated rings. The molecule has 0 aromatic carbocycles. The van der Waals surface area contributed by atoms with Crippen molar-refractivity contribution in [3.8, 4) is 0 Å². The molecule has 4 nitrogen and oxygen atoms in total. The Bertz CT molecular complexity index is 604. The Balaban J connectivity index is 3.20. The van der Waals surface area contributed by atoms with Crippen LogP contribution in [0.3, 0.4) is 0 Å². The van der Waals surface area contributed by atoms with Gasteiger partial charge < -0.3 is 9.13 Å². The van der Waals surface area contributed by atoms with Gasteiger partial charge in [0.2, 0.25) is 0 Å². The molecule has 0 radical (unpaired) electrons. The van der Waals surface area contributed by atoms with Crippen LogP contribution >= 0.6 is 0 Å². The molecular formula is C12H16N4. The topological polar surface area (TPSA) is 34.6 Å². The summed E-state index contributed by atoms with van der Waals surface area (Å²) in [6.07, 6.45) is 4.04. The van der Waals surface area contributed by atoms with Crippen molar-refractivity contribution in [3.05, 3.63) is 35.5 Å². The van der Waals surface area contributed by atoms with Crippen LogP contribution in [0.1, 0.15) is 0 Å². The number of nitrogens with zero attached hydrogens (tertiary/aromatic N) is 4. The van der Waals surface area contributed by atoms with Gasteiger partial charge >= 0.3 is 0 Å². The van der Waals surface area contributed by atoms with Crippen LogP contribution in [0.2, 0.25) is 0 Å². The summed E-state index contributed by atoms with van der Waals surface area (Å²) in [5, 5.41) is 2.26. The summed E-state index contributed by atoms with van der Waals surface area (Å²) in [6, 6.07) is 4.16. The van der Waals surface area contributed by atoms with Crippen molar-refractivity contribution in [2.75, 3.05) is 14.1 Å². The molecule has 0 aliphatic rings. The minimum atomic E-state index is 0.953. The fourth-order valence-corrected chi connectivity index (χ4v) is 2.00. The third-order valence-electron chi connectivity index (χ3n) is 2.78. The molecule has 84 valence electrons. The molecule has 0 saturated heterocycles. The van der Waals surface area contributed by atoms with E-state index in [4.69, 9.17) is 0 Å². The highest BCUT2D eigenvalue weighted by Crippen LogP contribution is 2.03. The zero-order valence-corrected chi connectivity index (χ0v) is 10.1. The largest absolute Gasteiger partial charge is 0.336 e. The van der Waals surface area contributed by atoms with Crippen LogP contribution in [0.15, 0.2) is 34.5 Å². The number of fused-ring (bicyclic) bond motifs is 1. The van der Waals surface area contributed by atoms with Gasteiger partial charge in [0, 0.05) is 40.6 Å². The minimum absolute atomic E-state index is 0.953. The number of hydrogen-bond acceptors (Lipinski definition) is 2. The summed E-state index contributed by atoms with van der Waals surface area (Å²) >= 11 is 0. The Kier molecular flexibility index (Phi) is 2.64. The Hall–Kier alpha value is -1.84. The average Bonchev–Trinajstić information content (AvgIpc) is 2.29. The Labute approximate surface area is 94.2 Å². The molecule has 16 heavy (non-hydrogen) atoms. The zero-order valence-electron chi connectivity index (χ0n) is 10.1. The van der Waals surface area contributed by atoms with Crippen molar-refractivity contribution >= 4 is 10.8 Å². The molecular weight excluding hydrogens is 200 g/mol. The van der Waals surface area contributed by atoms with Crippen molar-refractivity contribution in [1.29, 1.82) is 0 Å². The molecule has 0 aliphatic carbocycles. The third kappa shape index (κ3) is 1.46. The van der Waals surface area contributed by atoms with Gasteiger partial charge in [-0.05, 0) is 17.5 Å². The van der Waals surface area contributed by atoms with Gasteiger partial charge in [-0.3, -0.25) is 9.98 Å². The van der Waals surface area contributed by atoms with Crippen LogP contribution < -0.4 is 11.0 Å². The summed E-state index contributed by atoms with van der Waals surface area (Å²) in [5.74, 6) is 0. The summed E-state index contributed by atoms with van der Waals surface area (Å²) in [6.45, 7) is 0. The molecule has 0 amide bonds. The Morgan fingerprint density at radius 2 is 1.31 bits per heavy atom. The molecule has 0 aliphatic heterocycles. The first-order chi connectivity index (χ1) is 7.69. The van der Waals surface area contributed by atoms with E-state index in [0.717, 1.165) is 21.7 Å². The average molecular weight is 216 g/mol. The van der Waals surface area contributed by atoms with Crippen LogP contribution in [0.5, 0.6) is 0 Å². The normalized spacial score (nSPS) is 13.8. The van der Waals surface area contributed by atoms with E-state index in [1.165, 1.54) is 0 Å². The second-order valence-electron chi connectivity index (χ2n) is 3.78. The minimum Gasteiger partial charge on any atom is -0.336 e. The third-order valence-corrected chi connectivity index (χ3v) is 2.78. The maximum atomic E-state index is 4.34. The van der Waals surface area contributed by atoms with Gasteiger partial charge in [0.15, 0.2) is 0 Å². The maximum Gasteiger partial charge on any atom is 0.138 e. The van der Waals surface area contributed by atoms with Gasteiger partial charge in [-0.1, -0.05) is 0 Å². The molecule has 0 atom stereocenters. The van der Waals surface area contributed by atoms with Crippen molar-refractivity contribution in [1.82, 2.24) is 9.13 Å². The molecule has 0 N–H and O–H groups in total. The summed E-state index contributed by atoms with van der Waals surface area (Å²) in [5.41, 5.74) is 1.91. The van der Waals surface area contributed by atoms with Crippen LogP contribution in [0.4, 0.5) is 0 Å². The van der Waals surface area contributed by atoms with Crippen LogP contribution in [-0.2, 0) is 14.1 Å². The monoisotopic (exact) mass is 216 g/mol. The van der Waals surface area contributed by atoms with Gasteiger partial charge in [0.05, 0.1) is 5.39 Å². The van der Waals surface area contributed by atoms with Crippen molar-refractivity contribution in [2.45, 2.75) is 0 Å². The van der Waals surface area contributed by atoms with E-state index >= 15 is 0 Å². The van der Waals surface area contributed by atoms with Gasteiger partial charge in [0.25, 0.3) is 0 Å². The van der Waals surface area contributed by atoms with Gasteiger partial charge in [-0.25, -0.2) is 0 Å². The first-order valence-electron chi connectivity index (χ1n) is 5.19. The predicted molar refractivity (Wildman–Crippen MR) is 64.9 cm³/mol. The van der Waals surface area contributed by atoms with E-state index in [9.17, 15) is 0 Å². The zero-order chi connectivity index (χ0) is 11.7. The van der Waals surface area contributed by atoms with E-state index in [2.05, 4.69) is 22.1 Å². The van der Waals surface area contributed by atoms with Gasteiger partial charge in [0.1, 0.15) is 11.0 Å². The van der Waals surface area contributed by atoms with Gasteiger partial charge in [-0.2, -0.15) is 0 Å². The molecule has 0 bridgehead atoms. The number of pyridine rings is 2. The summed E-state index contributed by atoms with van der Waals surface area (Å²) < 4.78 is 4.02. The van der Waals surface area contributed by atoms with Crippen molar-refractivity contribution in [2.24, 2.45) is 24.1 Å². The van der Waals surface area contributed by atoms with E-state index in [0.29, 0.717) is 0 Å². The van der Waals surface area contributed by atoms with Crippen molar-refractivity contribution in [3.63, 3.8) is 0 Å².